The first-order chi connectivity index (χ1) is 8.55. The van der Waals surface area contributed by atoms with Crippen LogP contribution in [0.1, 0.15) is 6.92 Å². The van der Waals surface area contributed by atoms with E-state index in [1.807, 2.05) is 0 Å². The van der Waals surface area contributed by atoms with Gasteiger partial charge in [0.05, 0.1) is 20.6 Å². The minimum absolute atomic E-state index is 0.0649. The normalized spacial score (nSPS) is 19.4. The maximum atomic E-state index is 13.8. The van der Waals surface area contributed by atoms with Gasteiger partial charge in [0.15, 0.2) is 0 Å². The Kier molecular flexibility index (Phi) is 3.51. The highest BCUT2D eigenvalue weighted by molar-refractivity contribution is 8.50. The number of halogens is 9. The number of anilines is 1. The Labute approximate surface area is 119 Å². The van der Waals surface area contributed by atoms with E-state index in [2.05, 4.69) is 0 Å². The molecule has 0 radical (unpaired) electrons. The van der Waals surface area contributed by atoms with Crippen molar-refractivity contribution in [3.8, 4) is 0 Å². The Morgan fingerprint density at radius 1 is 1.10 bits per heavy atom. The number of rotatable bonds is 3. The number of nitrogen functional groups attached to an aromatic ring is 1. The summed E-state index contributed by atoms with van der Waals surface area (Å²) in [6.45, 7) is -0.572. The second-order valence-corrected chi connectivity index (χ2v) is 8.38. The second kappa shape index (κ2) is 4.01. The second-order valence-electron chi connectivity index (χ2n) is 4.16. The third-order valence-corrected chi connectivity index (χ3v) is 6.31. The average molecular weight is 366 g/mol. The first kappa shape index (κ1) is 17.5. The van der Waals surface area contributed by atoms with Gasteiger partial charge < -0.3 is 5.73 Å². The predicted molar refractivity (Wildman–Crippen MR) is 66.7 cm³/mol. The van der Waals surface area contributed by atoms with E-state index in [9.17, 15) is 28.7 Å². The zero-order valence-corrected chi connectivity index (χ0v) is 11.9. The highest BCUT2D eigenvalue weighted by atomic mass is 35.5. The molecule has 0 heterocycles. The number of alkyl halides is 3. The zero-order valence-electron chi connectivity index (χ0n) is 9.62. The maximum absolute atomic E-state index is 13.8. The first-order valence-electron chi connectivity index (χ1n) is 4.76. The van der Waals surface area contributed by atoms with Gasteiger partial charge in [-0.15, -0.1) is 15.5 Å². The van der Waals surface area contributed by atoms with Crippen LogP contribution in [0.3, 0.4) is 0 Å². The molecule has 0 saturated heterocycles. The van der Waals surface area contributed by atoms with Crippen molar-refractivity contribution >= 4 is 38.7 Å². The molecular weight excluding hydrogens is 358 g/mol. The van der Waals surface area contributed by atoms with Crippen molar-refractivity contribution in [2.75, 3.05) is 5.73 Å². The van der Waals surface area contributed by atoms with Crippen LogP contribution >= 0.6 is 33.0 Å². The quantitative estimate of drug-likeness (QED) is 0.493. The third-order valence-electron chi connectivity index (χ3n) is 2.72. The van der Waals surface area contributed by atoms with E-state index in [1.165, 1.54) is 0 Å². The van der Waals surface area contributed by atoms with Gasteiger partial charge >= 0.3 is 0 Å². The van der Waals surface area contributed by atoms with Gasteiger partial charge in [0.25, 0.3) is 11.4 Å². The smallest absolute Gasteiger partial charge is 0.287 e. The van der Waals surface area contributed by atoms with E-state index in [0.29, 0.717) is 0 Å². The largest absolute Gasteiger partial charge is 0.396 e. The fraction of sp³-hybridized carbons (Fsp3) is 0.333. The Morgan fingerprint density at radius 3 is 1.75 bits per heavy atom. The van der Waals surface area contributed by atoms with Crippen LogP contribution in [-0.2, 0) is 0 Å². The summed E-state index contributed by atoms with van der Waals surface area (Å²) in [4.78, 5) is -2.31. The van der Waals surface area contributed by atoms with E-state index in [4.69, 9.17) is 28.9 Å². The van der Waals surface area contributed by atoms with Crippen LogP contribution in [0.25, 0.3) is 0 Å². The van der Waals surface area contributed by atoms with Gasteiger partial charge in [-0.25, -0.2) is 13.2 Å². The molecule has 11 heteroatoms. The number of hydrogen-bond donors (Lipinski definition) is 1. The molecular formula is C9H8Cl2F7NS. The van der Waals surface area contributed by atoms with Crippen LogP contribution in [0.5, 0.6) is 0 Å². The van der Waals surface area contributed by atoms with Crippen molar-refractivity contribution in [1.29, 1.82) is 0 Å². The summed E-state index contributed by atoms with van der Waals surface area (Å²) in [6, 6.07) is -0.130. The monoisotopic (exact) mass is 365 g/mol. The van der Waals surface area contributed by atoms with Crippen molar-refractivity contribution in [3.63, 3.8) is 0 Å². The molecule has 0 spiro atoms. The summed E-state index contributed by atoms with van der Waals surface area (Å²) in [5.74, 6) is 0. The molecule has 118 valence electrons. The van der Waals surface area contributed by atoms with Gasteiger partial charge in [-0.3, -0.25) is 0 Å². The average Bonchev–Trinajstić information content (AvgIpc) is 2.23. The number of benzene rings is 1. The van der Waals surface area contributed by atoms with Crippen LogP contribution in [0.15, 0.2) is 17.0 Å². The molecule has 1 aromatic rings. The molecule has 1 atom stereocenters. The minimum Gasteiger partial charge on any atom is -0.396 e. The van der Waals surface area contributed by atoms with Crippen molar-refractivity contribution in [2.45, 2.75) is 23.2 Å². The molecule has 0 aromatic heterocycles. The van der Waals surface area contributed by atoms with Crippen LogP contribution in [0.2, 0.25) is 10.0 Å². The molecule has 1 unspecified atom stereocenters. The van der Waals surface area contributed by atoms with Crippen molar-refractivity contribution < 1.29 is 28.7 Å². The van der Waals surface area contributed by atoms with E-state index in [1.54, 1.807) is 0 Å². The van der Waals surface area contributed by atoms with Crippen LogP contribution in [-0.4, -0.2) is 11.4 Å². The highest BCUT2D eigenvalue weighted by Gasteiger charge is 2.82. The molecule has 0 aliphatic rings. The highest BCUT2D eigenvalue weighted by Crippen LogP contribution is 3.06. The molecule has 0 fully saturated rings. The first-order valence-corrected chi connectivity index (χ1v) is 7.57. The van der Waals surface area contributed by atoms with Gasteiger partial charge in [-0.1, -0.05) is 23.2 Å². The topological polar surface area (TPSA) is 26.0 Å². The lowest BCUT2D eigenvalue weighted by molar-refractivity contribution is 0.0132. The molecule has 0 aliphatic heterocycles. The van der Waals surface area contributed by atoms with Gasteiger partial charge in [0, 0.05) is 0 Å². The molecule has 0 saturated carbocycles. The van der Waals surface area contributed by atoms with E-state index >= 15 is 0 Å². The molecule has 0 bridgehead atoms. The number of nitrogens with two attached hydrogens (primary N) is 1. The lowest BCUT2D eigenvalue weighted by Gasteiger charge is -2.56. The van der Waals surface area contributed by atoms with Crippen LogP contribution in [0, 0.1) is 0 Å². The molecule has 1 aromatic carbocycles. The zero-order chi connectivity index (χ0) is 16.2. The van der Waals surface area contributed by atoms with Gasteiger partial charge in [0.1, 0.15) is 0 Å². The summed E-state index contributed by atoms with van der Waals surface area (Å²) < 4.78 is 93.5. The fourth-order valence-corrected chi connectivity index (χ4v) is 3.35. The van der Waals surface area contributed by atoms with Crippen molar-refractivity contribution in [3.05, 3.63) is 22.2 Å². The standard InChI is InChI=1S/C9H8Cl2F7NS/c1-9(14,8(12)13)20(15,16,17,18)4-2-5(10)7(19)6(11)3-4/h2-3,8H,19H2,1H3. The summed E-state index contributed by atoms with van der Waals surface area (Å²) in [7, 11) is -10.0. The summed E-state index contributed by atoms with van der Waals surface area (Å²) in [5, 5.41) is -7.04. The van der Waals surface area contributed by atoms with Gasteiger partial charge in [-0.2, -0.15) is 0 Å². The Morgan fingerprint density at radius 2 is 1.45 bits per heavy atom. The molecule has 20 heavy (non-hydrogen) atoms. The minimum atomic E-state index is -10.0. The fourth-order valence-electron chi connectivity index (χ4n) is 1.21. The third kappa shape index (κ3) is 2.19. The number of hydrogen-bond acceptors (Lipinski definition) is 1. The van der Waals surface area contributed by atoms with E-state index in [-0.39, 0.29) is 12.1 Å². The van der Waals surface area contributed by atoms with Gasteiger partial charge in [-0.05, 0) is 19.1 Å². The van der Waals surface area contributed by atoms with E-state index < -0.39 is 48.8 Å². The maximum Gasteiger partial charge on any atom is 0.287 e. The summed E-state index contributed by atoms with van der Waals surface area (Å²) in [5.41, 5.74) is 4.66. The molecule has 1 nitrogen and oxygen atoms in total. The molecule has 2 N–H and O–H groups in total. The van der Waals surface area contributed by atoms with Crippen LogP contribution in [0.4, 0.5) is 34.4 Å². The molecule has 1 rings (SSSR count). The molecule has 0 aliphatic carbocycles. The van der Waals surface area contributed by atoms with Crippen LogP contribution < -0.4 is 5.73 Å². The Hall–Kier alpha value is -0.540. The van der Waals surface area contributed by atoms with Crippen molar-refractivity contribution in [2.24, 2.45) is 0 Å². The summed E-state index contributed by atoms with van der Waals surface area (Å²) in [6.07, 6.45) is -4.63. The lowest BCUT2D eigenvalue weighted by Crippen LogP contribution is -2.43. The molecule has 0 amide bonds. The lowest BCUT2D eigenvalue weighted by atomic mass is 10.3. The SMILES string of the molecule is CC(F)(C(F)F)S(F)(F)(F)(F)c1cc(Cl)c(N)c(Cl)c1. The predicted octanol–water partition coefficient (Wildman–Crippen LogP) is 6.30. The van der Waals surface area contributed by atoms with E-state index in [0.717, 1.165) is 0 Å². The van der Waals surface area contributed by atoms with Crippen molar-refractivity contribution in [1.82, 2.24) is 0 Å². The van der Waals surface area contributed by atoms with Gasteiger partial charge in [0.2, 0.25) is 9.84 Å². The Bertz CT molecular complexity index is 545. The Balaban J connectivity index is 3.80. The summed E-state index contributed by atoms with van der Waals surface area (Å²) >= 11 is 10.6.